The van der Waals surface area contributed by atoms with Gasteiger partial charge in [-0.15, -0.1) is 11.3 Å². The van der Waals surface area contributed by atoms with Crippen molar-refractivity contribution < 1.29 is 17.9 Å². The third kappa shape index (κ3) is 4.70. The third-order valence-corrected chi connectivity index (χ3v) is 8.93. The lowest BCUT2D eigenvalue weighted by atomic mass is 10.1. The van der Waals surface area contributed by atoms with E-state index in [0.29, 0.717) is 51.0 Å². The van der Waals surface area contributed by atoms with Gasteiger partial charge in [-0.3, -0.25) is 4.79 Å². The third-order valence-electron chi connectivity index (χ3n) is 5.96. The summed E-state index contributed by atoms with van der Waals surface area (Å²) < 4.78 is 33.5. The number of hydrogen-bond acceptors (Lipinski definition) is 6. The van der Waals surface area contributed by atoms with Crippen LogP contribution in [0.5, 0.6) is 0 Å². The highest BCUT2D eigenvalue weighted by Crippen LogP contribution is 2.32. The fraction of sp³-hybridized carbons (Fsp3) is 0.500. The zero-order valence-corrected chi connectivity index (χ0v) is 19.8. The topological polar surface area (TPSA) is 70.2 Å². The Labute approximate surface area is 188 Å². The molecule has 7 nitrogen and oxygen atoms in total. The highest BCUT2D eigenvalue weighted by Gasteiger charge is 2.31. The van der Waals surface area contributed by atoms with Gasteiger partial charge in [0.2, 0.25) is 10.0 Å². The molecule has 0 bridgehead atoms. The van der Waals surface area contributed by atoms with E-state index < -0.39 is 10.0 Å². The second kappa shape index (κ2) is 8.99. The lowest BCUT2D eigenvalue weighted by molar-refractivity contribution is 0.0730. The van der Waals surface area contributed by atoms with Gasteiger partial charge < -0.3 is 14.5 Å². The van der Waals surface area contributed by atoms with E-state index in [1.807, 2.05) is 43.4 Å². The van der Waals surface area contributed by atoms with E-state index in [2.05, 4.69) is 4.90 Å². The predicted octanol–water partition coefficient (Wildman–Crippen LogP) is 2.52. The molecule has 0 unspecified atom stereocenters. The molecule has 2 saturated heterocycles. The Balaban J connectivity index is 1.73. The van der Waals surface area contributed by atoms with Crippen molar-refractivity contribution in [3.05, 3.63) is 40.8 Å². The highest BCUT2D eigenvalue weighted by atomic mass is 32.2. The summed E-state index contributed by atoms with van der Waals surface area (Å²) in [6.45, 7) is 4.75. The molecule has 4 rings (SSSR count). The number of carbonyl (C=O) groups is 1. The minimum atomic E-state index is -3.71. The van der Waals surface area contributed by atoms with Crippen molar-refractivity contribution in [2.45, 2.75) is 24.3 Å². The molecule has 0 saturated carbocycles. The van der Waals surface area contributed by atoms with Gasteiger partial charge in [-0.05, 0) is 68.2 Å². The molecule has 0 spiro atoms. The fourth-order valence-corrected chi connectivity index (χ4v) is 6.43. The van der Waals surface area contributed by atoms with Gasteiger partial charge in [-0.1, -0.05) is 0 Å². The van der Waals surface area contributed by atoms with E-state index in [-0.39, 0.29) is 10.8 Å². The van der Waals surface area contributed by atoms with Crippen LogP contribution < -0.4 is 0 Å². The Morgan fingerprint density at radius 3 is 2.48 bits per heavy atom. The van der Waals surface area contributed by atoms with Crippen LogP contribution >= 0.6 is 11.3 Å². The van der Waals surface area contributed by atoms with Crippen LogP contribution in [0, 0.1) is 6.92 Å². The van der Waals surface area contributed by atoms with Gasteiger partial charge in [0.15, 0.2) is 0 Å². The number of morpholine rings is 1. The minimum Gasteiger partial charge on any atom is -0.379 e. The molecule has 1 amide bonds. The molecule has 2 aliphatic heterocycles. The lowest BCUT2D eigenvalue weighted by Crippen LogP contribution is -2.40. The van der Waals surface area contributed by atoms with Gasteiger partial charge in [0, 0.05) is 42.7 Å². The Hall–Kier alpha value is -1.78. The maximum atomic E-state index is 13.4. The molecule has 0 aliphatic carbocycles. The Morgan fingerprint density at radius 2 is 1.87 bits per heavy atom. The molecular weight excluding hydrogens is 434 g/mol. The summed E-state index contributed by atoms with van der Waals surface area (Å²) >= 11 is 1.55. The normalized spacial score (nSPS) is 20.5. The monoisotopic (exact) mass is 463 g/mol. The number of likely N-dealkylation sites (tertiary alicyclic amines) is 1. The van der Waals surface area contributed by atoms with Gasteiger partial charge in [0.25, 0.3) is 5.91 Å². The first kappa shape index (κ1) is 22.4. The lowest BCUT2D eigenvalue weighted by Gasteiger charge is -2.26. The van der Waals surface area contributed by atoms with Crippen LogP contribution in [-0.2, 0) is 14.8 Å². The molecule has 1 atom stereocenters. The van der Waals surface area contributed by atoms with E-state index in [4.69, 9.17) is 4.74 Å². The molecule has 9 heteroatoms. The van der Waals surface area contributed by atoms with Gasteiger partial charge in [0.05, 0.1) is 18.1 Å². The molecule has 2 fully saturated rings. The van der Waals surface area contributed by atoms with Gasteiger partial charge >= 0.3 is 0 Å². The van der Waals surface area contributed by atoms with Crippen LogP contribution in [0.1, 0.15) is 22.3 Å². The number of rotatable bonds is 5. The highest BCUT2D eigenvalue weighted by molar-refractivity contribution is 7.89. The van der Waals surface area contributed by atoms with Gasteiger partial charge in [-0.25, -0.2) is 8.42 Å². The summed E-state index contributed by atoms with van der Waals surface area (Å²) in [5, 5.41) is 2.03. The zero-order valence-electron chi connectivity index (χ0n) is 18.2. The van der Waals surface area contributed by atoms with Crippen LogP contribution in [0.2, 0.25) is 0 Å². The summed E-state index contributed by atoms with van der Waals surface area (Å²) in [6.07, 6.45) is 0.918. The van der Waals surface area contributed by atoms with Crippen molar-refractivity contribution in [1.82, 2.24) is 14.1 Å². The van der Waals surface area contributed by atoms with Crippen LogP contribution in [0.3, 0.4) is 0 Å². The first-order valence-electron chi connectivity index (χ1n) is 10.5. The quantitative estimate of drug-likeness (QED) is 0.682. The molecule has 0 radical (unpaired) electrons. The summed E-state index contributed by atoms with van der Waals surface area (Å²) in [6, 6.07) is 7.41. The maximum Gasteiger partial charge on any atom is 0.253 e. The van der Waals surface area contributed by atoms with E-state index in [1.54, 1.807) is 23.5 Å². The van der Waals surface area contributed by atoms with E-state index >= 15 is 0 Å². The van der Waals surface area contributed by atoms with Crippen molar-refractivity contribution in [3.8, 4) is 10.4 Å². The summed E-state index contributed by atoms with van der Waals surface area (Å²) in [5.41, 5.74) is 2.30. The standard InChI is InChI=1S/C22H29N3O4S2/c1-16-10-21(30-15-16)17-11-18(22(26)24-5-4-19(14-24)23(2)3)13-20(12-17)31(27,28)25-6-8-29-9-7-25/h10-13,15,19H,4-9,14H2,1-3H3/t19-/m1/s1. The van der Waals surface area contributed by atoms with Crippen LogP contribution in [0.4, 0.5) is 0 Å². The Bertz CT molecular complexity index is 1060. The van der Waals surface area contributed by atoms with Crippen molar-refractivity contribution in [3.63, 3.8) is 0 Å². The minimum absolute atomic E-state index is 0.113. The van der Waals surface area contributed by atoms with Gasteiger partial charge in [0.1, 0.15) is 0 Å². The Morgan fingerprint density at radius 1 is 1.13 bits per heavy atom. The number of ether oxygens (including phenoxy) is 1. The average Bonchev–Trinajstić information content (AvgIpc) is 3.43. The smallest absolute Gasteiger partial charge is 0.253 e. The number of carbonyl (C=O) groups excluding carboxylic acids is 1. The number of nitrogens with zero attached hydrogens (tertiary/aromatic N) is 3. The Kier molecular flexibility index (Phi) is 6.50. The molecule has 2 aromatic rings. The molecule has 168 valence electrons. The second-order valence-electron chi connectivity index (χ2n) is 8.41. The van der Waals surface area contributed by atoms with Crippen molar-refractivity contribution >= 4 is 27.3 Å². The second-order valence-corrected chi connectivity index (χ2v) is 11.3. The molecule has 2 aliphatic rings. The molecule has 31 heavy (non-hydrogen) atoms. The summed E-state index contributed by atoms with van der Waals surface area (Å²) in [4.78, 5) is 18.4. The van der Waals surface area contributed by atoms with Crippen LogP contribution in [0.25, 0.3) is 10.4 Å². The summed E-state index contributed by atoms with van der Waals surface area (Å²) in [5.74, 6) is -0.113. The van der Waals surface area contributed by atoms with Gasteiger partial charge in [-0.2, -0.15) is 4.31 Å². The number of amides is 1. The predicted molar refractivity (Wildman–Crippen MR) is 122 cm³/mol. The number of sulfonamides is 1. The van der Waals surface area contributed by atoms with Crippen LogP contribution in [0.15, 0.2) is 34.5 Å². The van der Waals surface area contributed by atoms with E-state index in [9.17, 15) is 13.2 Å². The first-order chi connectivity index (χ1) is 14.8. The number of thiophene rings is 1. The maximum absolute atomic E-state index is 13.4. The number of aryl methyl sites for hydroxylation is 1. The SMILES string of the molecule is Cc1csc(-c2cc(C(=O)N3CC[C@@H](N(C)C)C3)cc(S(=O)(=O)N3CCOCC3)c2)c1. The number of likely N-dealkylation sites (N-methyl/N-ethyl adjacent to an activating group) is 1. The van der Waals surface area contributed by atoms with E-state index in [1.165, 1.54) is 4.31 Å². The van der Waals surface area contributed by atoms with Crippen LogP contribution in [-0.4, -0.2) is 88.0 Å². The molecule has 1 aromatic carbocycles. The number of hydrogen-bond donors (Lipinski definition) is 0. The first-order valence-corrected chi connectivity index (χ1v) is 12.8. The van der Waals surface area contributed by atoms with Crippen molar-refractivity contribution in [2.75, 3.05) is 53.5 Å². The van der Waals surface area contributed by atoms with E-state index in [0.717, 1.165) is 22.4 Å². The zero-order chi connectivity index (χ0) is 22.2. The molecule has 3 heterocycles. The number of benzene rings is 1. The average molecular weight is 464 g/mol. The molecule has 1 aromatic heterocycles. The summed E-state index contributed by atoms with van der Waals surface area (Å²) in [7, 11) is 0.328. The molecular formula is C22H29N3O4S2. The van der Waals surface area contributed by atoms with Crippen molar-refractivity contribution in [1.29, 1.82) is 0 Å². The fourth-order valence-electron chi connectivity index (χ4n) is 4.06. The van der Waals surface area contributed by atoms with Crippen molar-refractivity contribution in [2.24, 2.45) is 0 Å². The largest absolute Gasteiger partial charge is 0.379 e. The molecule has 0 N–H and O–H groups in total.